The maximum absolute atomic E-state index is 12.8. The van der Waals surface area contributed by atoms with Gasteiger partial charge in [0.25, 0.3) is 0 Å². The lowest BCUT2D eigenvalue weighted by molar-refractivity contribution is 0.518. The van der Waals surface area contributed by atoms with Crippen molar-refractivity contribution in [3.05, 3.63) is 29.8 Å². The van der Waals surface area contributed by atoms with Crippen LogP contribution in [0.2, 0.25) is 0 Å². The minimum atomic E-state index is -3.65. The van der Waals surface area contributed by atoms with E-state index in [0.717, 1.165) is 18.4 Å². The molecule has 0 aromatic heterocycles. The molecule has 1 N–H and O–H groups in total. The van der Waals surface area contributed by atoms with Crippen molar-refractivity contribution in [2.24, 2.45) is 0 Å². The molecule has 0 amide bonds. The van der Waals surface area contributed by atoms with Crippen LogP contribution in [0.5, 0.6) is 0 Å². The SMILES string of the molecule is CCCCN[C@@H]1CS(=O)(=O)C[C@H]1S(=O)(=O)c1ccc(C)cc1. The van der Waals surface area contributed by atoms with Crippen molar-refractivity contribution in [2.45, 2.75) is 42.9 Å². The number of aryl methyl sites for hydroxylation is 1. The Morgan fingerprint density at radius 1 is 1.18 bits per heavy atom. The molecule has 0 bridgehead atoms. The van der Waals surface area contributed by atoms with Gasteiger partial charge in [0.1, 0.15) is 0 Å². The van der Waals surface area contributed by atoms with Crippen LogP contribution in [0.3, 0.4) is 0 Å². The van der Waals surface area contributed by atoms with Crippen molar-refractivity contribution in [1.82, 2.24) is 5.32 Å². The van der Waals surface area contributed by atoms with Crippen molar-refractivity contribution in [3.8, 4) is 0 Å². The molecule has 1 aliphatic rings. The van der Waals surface area contributed by atoms with E-state index in [1.54, 1.807) is 24.3 Å². The molecule has 1 saturated heterocycles. The van der Waals surface area contributed by atoms with Gasteiger partial charge in [0.15, 0.2) is 19.7 Å². The monoisotopic (exact) mass is 345 g/mol. The van der Waals surface area contributed by atoms with Gasteiger partial charge in [-0.25, -0.2) is 16.8 Å². The number of hydrogen-bond donors (Lipinski definition) is 1. The summed E-state index contributed by atoms with van der Waals surface area (Å²) >= 11 is 0. The molecule has 0 spiro atoms. The molecule has 0 aliphatic carbocycles. The second-order valence-electron chi connectivity index (χ2n) is 5.89. The molecule has 7 heteroatoms. The molecule has 124 valence electrons. The van der Waals surface area contributed by atoms with Crippen molar-refractivity contribution in [2.75, 3.05) is 18.1 Å². The van der Waals surface area contributed by atoms with Crippen molar-refractivity contribution < 1.29 is 16.8 Å². The van der Waals surface area contributed by atoms with Crippen molar-refractivity contribution >= 4 is 19.7 Å². The van der Waals surface area contributed by atoms with Gasteiger partial charge in [0.2, 0.25) is 0 Å². The lowest BCUT2D eigenvalue weighted by atomic mass is 10.2. The number of benzene rings is 1. The van der Waals surface area contributed by atoms with E-state index in [2.05, 4.69) is 5.32 Å². The third kappa shape index (κ3) is 3.88. The van der Waals surface area contributed by atoms with E-state index < -0.39 is 31.0 Å². The molecular weight excluding hydrogens is 322 g/mol. The Hall–Kier alpha value is -0.920. The van der Waals surface area contributed by atoms with Crippen molar-refractivity contribution in [3.63, 3.8) is 0 Å². The highest BCUT2D eigenvalue weighted by Gasteiger charge is 2.45. The number of hydrogen-bond acceptors (Lipinski definition) is 5. The predicted molar refractivity (Wildman–Crippen MR) is 87.5 cm³/mol. The fourth-order valence-corrected chi connectivity index (χ4v) is 7.40. The molecule has 2 rings (SSSR count). The molecule has 1 aliphatic heterocycles. The highest BCUT2D eigenvalue weighted by atomic mass is 32.2. The average molecular weight is 345 g/mol. The summed E-state index contributed by atoms with van der Waals surface area (Å²) in [5.74, 6) is -0.403. The first kappa shape index (κ1) is 17.4. The zero-order valence-electron chi connectivity index (χ0n) is 12.9. The quantitative estimate of drug-likeness (QED) is 0.787. The largest absolute Gasteiger partial charge is 0.312 e. The minimum absolute atomic E-state index is 0.105. The van der Waals surface area contributed by atoms with E-state index in [1.807, 2.05) is 13.8 Å². The second kappa shape index (κ2) is 6.68. The van der Waals surface area contributed by atoms with E-state index >= 15 is 0 Å². The van der Waals surface area contributed by atoms with Gasteiger partial charge in [0.05, 0.1) is 21.7 Å². The first-order valence-electron chi connectivity index (χ1n) is 7.50. The zero-order valence-corrected chi connectivity index (χ0v) is 14.6. The lowest BCUT2D eigenvalue weighted by Crippen LogP contribution is -2.43. The number of sulfone groups is 2. The maximum Gasteiger partial charge on any atom is 0.183 e. The molecule has 1 aromatic rings. The van der Waals surface area contributed by atoms with Crippen LogP contribution in [-0.2, 0) is 19.7 Å². The standard InChI is InChI=1S/C15H23NO4S2/c1-3-4-9-16-14-10-21(17,18)11-15(14)22(19,20)13-7-5-12(2)6-8-13/h5-8,14-16H,3-4,9-11H2,1-2H3/t14-,15-/m1/s1. The second-order valence-corrected chi connectivity index (χ2v) is 10.2. The van der Waals surface area contributed by atoms with Gasteiger partial charge in [-0.2, -0.15) is 0 Å². The summed E-state index contributed by atoms with van der Waals surface area (Å²) in [7, 11) is -6.98. The minimum Gasteiger partial charge on any atom is -0.312 e. The van der Waals surface area contributed by atoms with Crippen LogP contribution in [0.4, 0.5) is 0 Å². The summed E-state index contributed by atoms with van der Waals surface area (Å²) in [5, 5.41) is 2.21. The van der Waals surface area contributed by atoms with Crippen LogP contribution in [-0.4, -0.2) is 46.2 Å². The van der Waals surface area contributed by atoms with E-state index in [9.17, 15) is 16.8 Å². The van der Waals surface area contributed by atoms with Crippen LogP contribution in [0, 0.1) is 6.92 Å². The molecular formula is C15H23NO4S2. The molecule has 1 aromatic carbocycles. The normalized spacial score (nSPS) is 24.5. The molecule has 1 fully saturated rings. The molecule has 0 unspecified atom stereocenters. The van der Waals surface area contributed by atoms with Crippen LogP contribution in [0.25, 0.3) is 0 Å². The van der Waals surface area contributed by atoms with Crippen LogP contribution < -0.4 is 5.32 Å². The Morgan fingerprint density at radius 3 is 2.41 bits per heavy atom. The van der Waals surface area contributed by atoms with Gasteiger partial charge in [0, 0.05) is 6.04 Å². The van der Waals surface area contributed by atoms with Crippen LogP contribution in [0.15, 0.2) is 29.2 Å². The van der Waals surface area contributed by atoms with Crippen LogP contribution in [0.1, 0.15) is 25.3 Å². The molecule has 2 atom stereocenters. The van der Waals surface area contributed by atoms with Gasteiger partial charge in [-0.3, -0.25) is 0 Å². The Labute approximate surface area is 133 Å². The fourth-order valence-electron chi connectivity index (χ4n) is 2.68. The predicted octanol–water partition coefficient (Wildman–Crippen LogP) is 1.32. The third-order valence-corrected chi connectivity index (χ3v) is 8.15. The summed E-state index contributed by atoms with van der Waals surface area (Å²) in [6, 6.07) is 6.05. The maximum atomic E-state index is 12.8. The molecule has 0 radical (unpaired) electrons. The first-order valence-corrected chi connectivity index (χ1v) is 10.9. The highest BCUT2D eigenvalue weighted by Crippen LogP contribution is 2.26. The molecule has 0 saturated carbocycles. The zero-order chi connectivity index (χ0) is 16.4. The van der Waals surface area contributed by atoms with E-state index in [4.69, 9.17) is 0 Å². The molecule has 22 heavy (non-hydrogen) atoms. The summed E-state index contributed by atoms with van der Waals surface area (Å²) in [6.07, 6.45) is 1.87. The first-order chi connectivity index (χ1) is 10.3. The van der Waals surface area contributed by atoms with Crippen molar-refractivity contribution in [1.29, 1.82) is 0 Å². The Balaban J connectivity index is 2.28. The molecule has 5 nitrogen and oxygen atoms in total. The van der Waals surface area contributed by atoms with Gasteiger partial charge in [-0.15, -0.1) is 0 Å². The summed E-state index contributed by atoms with van der Waals surface area (Å²) in [4.78, 5) is 0.197. The van der Waals surface area contributed by atoms with E-state index in [0.29, 0.717) is 6.54 Å². The topological polar surface area (TPSA) is 80.3 Å². The Bertz CT molecular complexity index is 708. The summed E-state index contributed by atoms with van der Waals surface area (Å²) < 4.78 is 49.4. The van der Waals surface area contributed by atoms with Gasteiger partial charge in [-0.1, -0.05) is 31.0 Å². The van der Waals surface area contributed by atoms with Crippen LogP contribution >= 0.6 is 0 Å². The van der Waals surface area contributed by atoms with E-state index in [-0.39, 0.29) is 16.4 Å². The summed E-state index contributed by atoms with van der Waals surface area (Å²) in [5.41, 5.74) is 0.968. The Kier molecular flexibility index (Phi) is 5.29. The molecule has 1 heterocycles. The lowest BCUT2D eigenvalue weighted by Gasteiger charge is -2.20. The smallest absolute Gasteiger partial charge is 0.183 e. The van der Waals surface area contributed by atoms with Gasteiger partial charge < -0.3 is 5.32 Å². The number of rotatable bonds is 6. The number of nitrogens with one attached hydrogen (secondary N) is 1. The fraction of sp³-hybridized carbons (Fsp3) is 0.600. The van der Waals surface area contributed by atoms with Gasteiger partial charge in [-0.05, 0) is 32.0 Å². The summed E-state index contributed by atoms with van der Waals surface area (Å²) in [6.45, 7) is 4.55. The average Bonchev–Trinajstić information content (AvgIpc) is 2.75. The highest BCUT2D eigenvalue weighted by molar-refractivity contribution is 7.96. The van der Waals surface area contributed by atoms with E-state index in [1.165, 1.54) is 0 Å². The third-order valence-electron chi connectivity index (χ3n) is 3.99. The Morgan fingerprint density at radius 2 is 1.82 bits per heavy atom. The number of unbranched alkanes of at least 4 members (excludes halogenated alkanes) is 1. The van der Waals surface area contributed by atoms with Gasteiger partial charge >= 0.3 is 0 Å².